The van der Waals surface area contributed by atoms with Crippen molar-refractivity contribution in [1.29, 1.82) is 0 Å². The average Bonchev–Trinajstić information content (AvgIpc) is 3.31. The van der Waals surface area contributed by atoms with E-state index in [1.807, 2.05) is 48.7 Å². The third kappa shape index (κ3) is 2.85. The second kappa shape index (κ2) is 6.16. The maximum absolute atomic E-state index is 12.4. The van der Waals surface area contributed by atoms with Crippen LogP contribution in [0.1, 0.15) is 10.6 Å². The first-order valence-corrected chi connectivity index (χ1v) is 7.72. The number of hydrogen-bond donors (Lipinski definition) is 1. The van der Waals surface area contributed by atoms with Gasteiger partial charge in [-0.25, -0.2) is 4.68 Å². The van der Waals surface area contributed by atoms with Gasteiger partial charge in [0.15, 0.2) is 17.1 Å². The Bertz CT molecular complexity index is 1020. The molecule has 2 aromatic carbocycles. The molecule has 1 amide bonds. The van der Waals surface area contributed by atoms with E-state index >= 15 is 0 Å². The molecule has 2 aromatic heterocycles. The molecule has 0 fully saturated rings. The molecule has 4 aromatic rings. The number of anilines is 1. The summed E-state index contributed by atoms with van der Waals surface area (Å²) in [4.78, 5) is 12.4. The summed E-state index contributed by atoms with van der Waals surface area (Å²) in [6, 6.07) is 16.5. The van der Waals surface area contributed by atoms with Crippen LogP contribution in [0.2, 0.25) is 0 Å². The SMILES string of the molecule is COc1cccc2cc(C(=O)Nc3ccc(-n4cccn4)cc3)oc12. The van der Waals surface area contributed by atoms with Crippen molar-refractivity contribution < 1.29 is 13.9 Å². The lowest BCUT2D eigenvalue weighted by atomic mass is 10.2. The van der Waals surface area contributed by atoms with E-state index in [1.165, 1.54) is 0 Å². The topological polar surface area (TPSA) is 69.3 Å². The maximum atomic E-state index is 12.4. The van der Waals surface area contributed by atoms with E-state index in [2.05, 4.69) is 10.4 Å². The minimum Gasteiger partial charge on any atom is -0.493 e. The van der Waals surface area contributed by atoms with Gasteiger partial charge in [0.1, 0.15) is 0 Å². The van der Waals surface area contributed by atoms with Gasteiger partial charge in [-0.15, -0.1) is 0 Å². The van der Waals surface area contributed by atoms with Gasteiger partial charge in [0, 0.05) is 23.5 Å². The molecule has 0 radical (unpaired) electrons. The van der Waals surface area contributed by atoms with Crippen LogP contribution in [0.25, 0.3) is 16.7 Å². The summed E-state index contributed by atoms with van der Waals surface area (Å²) in [5, 5.41) is 7.81. The van der Waals surface area contributed by atoms with E-state index in [1.54, 1.807) is 30.1 Å². The standard InChI is InChI=1S/C19H15N3O3/c1-24-16-5-2-4-13-12-17(25-18(13)16)19(23)21-14-6-8-15(9-7-14)22-11-3-10-20-22/h2-12H,1H3,(H,21,23). The molecule has 0 spiro atoms. The molecule has 0 bridgehead atoms. The summed E-state index contributed by atoms with van der Waals surface area (Å²) in [6.45, 7) is 0. The largest absolute Gasteiger partial charge is 0.493 e. The number of amides is 1. The van der Waals surface area contributed by atoms with Crippen LogP contribution in [0.3, 0.4) is 0 Å². The first-order chi connectivity index (χ1) is 12.2. The highest BCUT2D eigenvalue weighted by atomic mass is 16.5. The molecule has 0 aliphatic carbocycles. The third-order valence-electron chi connectivity index (χ3n) is 3.85. The quantitative estimate of drug-likeness (QED) is 0.615. The fourth-order valence-corrected chi connectivity index (χ4v) is 2.62. The normalized spacial score (nSPS) is 10.8. The number of fused-ring (bicyclic) bond motifs is 1. The van der Waals surface area contributed by atoms with Gasteiger partial charge in [0.05, 0.1) is 12.8 Å². The molecule has 0 unspecified atom stereocenters. The zero-order valence-electron chi connectivity index (χ0n) is 13.5. The van der Waals surface area contributed by atoms with E-state index in [-0.39, 0.29) is 11.7 Å². The van der Waals surface area contributed by atoms with Crippen molar-refractivity contribution in [2.24, 2.45) is 0 Å². The highest BCUT2D eigenvalue weighted by molar-refractivity contribution is 6.05. The van der Waals surface area contributed by atoms with Gasteiger partial charge in [-0.2, -0.15) is 5.10 Å². The minimum absolute atomic E-state index is 0.232. The van der Waals surface area contributed by atoms with Crippen molar-refractivity contribution >= 4 is 22.6 Å². The highest BCUT2D eigenvalue weighted by Crippen LogP contribution is 2.28. The van der Waals surface area contributed by atoms with Crippen LogP contribution in [0.4, 0.5) is 5.69 Å². The van der Waals surface area contributed by atoms with E-state index in [0.29, 0.717) is 17.0 Å². The molecular formula is C19H15N3O3. The molecule has 4 rings (SSSR count). The fourth-order valence-electron chi connectivity index (χ4n) is 2.62. The summed E-state index contributed by atoms with van der Waals surface area (Å²) < 4.78 is 12.7. The Morgan fingerprint density at radius 2 is 2.00 bits per heavy atom. The number of benzene rings is 2. The predicted molar refractivity (Wildman–Crippen MR) is 94.3 cm³/mol. The molecular weight excluding hydrogens is 318 g/mol. The lowest BCUT2D eigenvalue weighted by Crippen LogP contribution is -2.10. The molecule has 0 aliphatic rings. The Balaban J connectivity index is 1.56. The van der Waals surface area contributed by atoms with E-state index in [0.717, 1.165) is 11.1 Å². The second-order valence-electron chi connectivity index (χ2n) is 5.44. The summed E-state index contributed by atoms with van der Waals surface area (Å²) in [6.07, 6.45) is 3.57. The monoisotopic (exact) mass is 333 g/mol. The number of nitrogens with one attached hydrogen (secondary N) is 1. The summed E-state index contributed by atoms with van der Waals surface area (Å²) >= 11 is 0. The first kappa shape index (κ1) is 15.0. The molecule has 6 nitrogen and oxygen atoms in total. The Hall–Kier alpha value is -3.54. The van der Waals surface area contributed by atoms with Gasteiger partial charge in [0.2, 0.25) is 0 Å². The number of aromatic nitrogens is 2. The molecule has 0 saturated heterocycles. The van der Waals surface area contributed by atoms with E-state index < -0.39 is 0 Å². The molecule has 0 saturated carbocycles. The third-order valence-corrected chi connectivity index (χ3v) is 3.85. The molecule has 25 heavy (non-hydrogen) atoms. The minimum atomic E-state index is -0.315. The number of rotatable bonds is 4. The van der Waals surface area contributed by atoms with Gasteiger partial charge < -0.3 is 14.5 Å². The van der Waals surface area contributed by atoms with Crippen LogP contribution >= 0.6 is 0 Å². The van der Waals surface area contributed by atoms with Gasteiger partial charge in [0.25, 0.3) is 5.91 Å². The van der Waals surface area contributed by atoms with Crippen LogP contribution < -0.4 is 10.1 Å². The van der Waals surface area contributed by atoms with Crippen LogP contribution in [-0.2, 0) is 0 Å². The Morgan fingerprint density at radius 1 is 1.16 bits per heavy atom. The van der Waals surface area contributed by atoms with Crippen molar-refractivity contribution in [2.75, 3.05) is 12.4 Å². The fraction of sp³-hybridized carbons (Fsp3) is 0.0526. The van der Waals surface area contributed by atoms with Gasteiger partial charge in [-0.1, -0.05) is 12.1 Å². The van der Waals surface area contributed by atoms with Crippen molar-refractivity contribution in [3.05, 3.63) is 72.8 Å². The smallest absolute Gasteiger partial charge is 0.291 e. The summed E-state index contributed by atoms with van der Waals surface area (Å²) in [7, 11) is 1.57. The zero-order chi connectivity index (χ0) is 17.2. The number of para-hydroxylation sites is 1. The van der Waals surface area contributed by atoms with Crippen LogP contribution in [0.15, 0.2) is 71.4 Å². The number of carbonyl (C=O) groups excluding carboxylic acids is 1. The zero-order valence-corrected chi connectivity index (χ0v) is 13.5. The number of carbonyl (C=O) groups is 1. The Labute approximate surface area is 143 Å². The van der Waals surface area contributed by atoms with E-state index in [4.69, 9.17) is 9.15 Å². The molecule has 124 valence electrons. The van der Waals surface area contributed by atoms with Gasteiger partial charge in [-0.3, -0.25) is 4.79 Å². The van der Waals surface area contributed by atoms with Crippen LogP contribution in [-0.4, -0.2) is 22.8 Å². The first-order valence-electron chi connectivity index (χ1n) is 7.72. The lowest BCUT2D eigenvalue weighted by molar-refractivity contribution is 0.0998. The van der Waals surface area contributed by atoms with Gasteiger partial charge in [-0.05, 0) is 42.5 Å². The number of nitrogens with zero attached hydrogens (tertiary/aromatic N) is 2. The average molecular weight is 333 g/mol. The summed E-state index contributed by atoms with van der Waals surface area (Å²) in [5.74, 6) is 0.515. The molecule has 2 heterocycles. The van der Waals surface area contributed by atoms with Crippen molar-refractivity contribution in [2.45, 2.75) is 0 Å². The number of hydrogen-bond acceptors (Lipinski definition) is 4. The molecule has 6 heteroatoms. The molecule has 1 N–H and O–H groups in total. The Kier molecular flexibility index (Phi) is 3.70. The second-order valence-corrected chi connectivity index (χ2v) is 5.44. The van der Waals surface area contributed by atoms with Gasteiger partial charge >= 0.3 is 0 Å². The number of methoxy groups -OCH3 is 1. The van der Waals surface area contributed by atoms with Crippen molar-refractivity contribution in [3.8, 4) is 11.4 Å². The highest BCUT2D eigenvalue weighted by Gasteiger charge is 2.15. The molecule has 0 aliphatic heterocycles. The maximum Gasteiger partial charge on any atom is 0.291 e. The predicted octanol–water partition coefficient (Wildman–Crippen LogP) is 3.88. The Morgan fingerprint density at radius 3 is 2.72 bits per heavy atom. The van der Waals surface area contributed by atoms with E-state index in [9.17, 15) is 4.79 Å². The van der Waals surface area contributed by atoms with Crippen molar-refractivity contribution in [3.63, 3.8) is 0 Å². The number of furan rings is 1. The number of ether oxygens (including phenoxy) is 1. The molecule has 0 atom stereocenters. The van der Waals surface area contributed by atoms with Crippen LogP contribution in [0, 0.1) is 0 Å². The lowest BCUT2D eigenvalue weighted by Gasteiger charge is -2.05. The van der Waals surface area contributed by atoms with Crippen LogP contribution in [0.5, 0.6) is 5.75 Å². The van der Waals surface area contributed by atoms with Crippen molar-refractivity contribution in [1.82, 2.24) is 9.78 Å². The summed E-state index contributed by atoms with van der Waals surface area (Å²) in [5.41, 5.74) is 2.15.